The second-order valence-electron chi connectivity index (χ2n) is 4.73. The van der Waals surface area contributed by atoms with E-state index in [1.807, 2.05) is 38.1 Å². The van der Waals surface area contributed by atoms with Gasteiger partial charge in [-0.15, -0.1) is 10.2 Å². The van der Waals surface area contributed by atoms with Crippen molar-refractivity contribution in [2.45, 2.75) is 26.2 Å². The molecule has 0 fully saturated rings. The van der Waals surface area contributed by atoms with Crippen molar-refractivity contribution in [1.29, 1.82) is 0 Å². The van der Waals surface area contributed by atoms with Gasteiger partial charge in [-0.1, -0.05) is 37.6 Å². The fourth-order valence-corrected chi connectivity index (χ4v) is 1.73. The lowest BCUT2D eigenvalue weighted by atomic mass is 10.1. The highest BCUT2D eigenvalue weighted by atomic mass is 35.5. The van der Waals surface area contributed by atoms with Crippen molar-refractivity contribution in [3.05, 3.63) is 46.6 Å². The first-order valence-electron chi connectivity index (χ1n) is 6.42. The average Bonchev–Trinajstić information content (AvgIpc) is 2.91. The Morgan fingerprint density at radius 3 is 2.60 bits per heavy atom. The lowest BCUT2D eigenvalue weighted by molar-refractivity contribution is 0.0917. The Morgan fingerprint density at radius 2 is 2.00 bits per heavy atom. The zero-order valence-electron chi connectivity index (χ0n) is 11.4. The molecule has 0 aliphatic heterocycles. The molecular weight excluding hydrogens is 278 g/mol. The van der Waals surface area contributed by atoms with E-state index in [0.717, 1.165) is 5.56 Å². The highest BCUT2D eigenvalue weighted by molar-refractivity contribution is 6.30. The number of aromatic nitrogens is 2. The van der Waals surface area contributed by atoms with Gasteiger partial charge in [0.15, 0.2) is 0 Å². The van der Waals surface area contributed by atoms with E-state index in [9.17, 15) is 4.79 Å². The number of carbonyl (C=O) groups is 1. The van der Waals surface area contributed by atoms with Gasteiger partial charge in [-0.2, -0.15) is 0 Å². The molecule has 0 aliphatic rings. The molecule has 5 nitrogen and oxygen atoms in total. The van der Waals surface area contributed by atoms with Crippen LogP contribution in [0.4, 0.5) is 0 Å². The molecule has 20 heavy (non-hydrogen) atoms. The molecule has 0 radical (unpaired) electrons. The van der Waals surface area contributed by atoms with Crippen molar-refractivity contribution < 1.29 is 9.21 Å². The molecule has 6 heteroatoms. The Labute approximate surface area is 122 Å². The summed E-state index contributed by atoms with van der Waals surface area (Å²) in [4.78, 5) is 11.8. The minimum Gasteiger partial charge on any atom is -0.417 e. The first-order chi connectivity index (χ1) is 9.56. The summed E-state index contributed by atoms with van der Waals surface area (Å²) in [6, 6.07) is 7.51. The molecule has 1 heterocycles. The number of halogens is 1. The van der Waals surface area contributed by atoms with Crippen LogP contribution in [0.15, 0.2) is 28.7 Å². The fraction of sp³-hybridized carbons (Fsp3) is 0.357. The number of benzene rings is 1. The highest BCUT2D eigenvalue weighted by Crippen LogP contribution is 2.12. The SMILES string of the molecule is CC(C)c1nnc(C(=O)NCCc2ccc(Cl)cc2)o1. The fourth-order valence-electron chi connectivity index (χ4n) is 1.61. The Kier molecular flexibility index (Phi) is 4.74. The largest absolute Gasteiger partial charge is 0.417 e. The van der Waals surface area contributed by atoms with Crippen molar-refractivity contribution >= 4 is 17.5 Å². The summed E-state index contributed by atoms with van der Waals surface area (Å²) in [5.74, 6) is 0.231. The van der Waals surface area contributed by atoms with Gasteiger partial charge in [-0.05, 0) is 24.1 Å². The molecule has 0 bridgehead atoms. The Bertz CT molecular complexity index is 578. The summed E-state index contributed by atoms with van der Waals surface area (Å²) in [5.41, 5.74) is 1.10. The Balaban J connectivity index is 1.84. The molecule has 0 saturated heterocycles. The van der Waals surface area contributed by atoms with Gasteiger partial charge in [0.25, 0.3) is 0 Å². The van der Waals surface area contributed by atoms with Crippen LogP contribution in [0.1, 0.15) is 41.9 Å². The maximum atomic E-state index is 11.8. The van der Waals surface area contributed by atoms with Crippen LogP contribution in [0.2, 0.25) is 5.02 Å². The third kappa shape index (κ3) is 3.81. The predicted molar refractivity (Wildman–Crippen MR) is 75.9 cm³/mol. The first-order valence-corrected chi connectivity index (χ1v) is 6.80. The summed E-state index contributed by atoms with van der Waals surface area (Å²) < 4.78 is 5.27. The van der Waals surface area contributed by atoms with E-state index in [-0.39, 0.29) is 17.7 Å². The van der Waals surface area contributed by atoms with E-state index >= 15 is 0 Å². The van der Waals surface area contributed by atoms with Gasteiger partial charge in [0.1, 0.15) is 0 Å². The molecule has 0 saturated carbocycles. The number of carbonyl (C=O) groups excluding carboxylic acids is 1. The highest BCUT2D eigenvalue weighted by Gasteiger charge is 2.15. The van der Waals surface area contributed by atoms with Crippen LogP contribution in [-0.2, 0) is 6.42 Å². The topological polar surface area (TPSA) is 68.0 Å². The van der Waals surface area contributed by atoms with E-state index in [2.05, 4.69) is 15.5 Å². The summed E-state index contributed by atoms with van der Waals surface area (Å²) in [5, 5.41) is 11.0. The zero-order valence-corrected chi connectivity index (χ0v) is 12.1. The van der Waals surface area contributed by atoms with Crippen LogP contribution in [-0.4, -0.2) is 22.6 Å². The van der Waals surface area contributed by atoms with Crippen molar-refractivity contribution in [2.75, 3.05) is 6.54 Å². The van der Waals surface area contributed by atoms with Crippen LogP contribution < -0.4 is 5.32 Å². The Morgan fingerprint density at radius 1 is 1.30 bits per heavy atom. The van der Waals surface area contributed by atoms with Crippen LogP contribution >= 0.6 is 11.6 Å². The molecule has 1 amide bonds. The molecule has 1 N–H and O–H groups in total. The summed E-state index contributed by atoms with van der Waals surface area (Å²) in [6.45, 7) is 4.35. The number of nitrogens with one attached hydrogen (secondary N) is 1. The van der Waals surface area contributed by atoms with Gasteiger partial charge in [-0.25, -0.2) is 0 Å². The maximum absolute atomic E-state index is 11.8. The molecule has 0 aliphatic carbocycles. The van der Waals surface area contributed by atoms with E-state index < -0.39 is 0 Å². The van der Waals surface area contributed by atoms with Gasteiger partial charge in [0, 0.05) is 17.5 Å². The van der Waals surface area contributed by atoms with Gasteiger partial charge in [0.2, 0.25) is 5.89 Å². The van der Waals surface area contributed by atoms with Gasteiger partial charge in [0.05, 0.1) is 0 Å². The van der Waals surface area contributed by atoms with Crippen molar-refractivity contribution in [1.82, 2.24) is 15.5 Å². The smallest absolute Gasteiger partial charge is 0.308 e. The number of hydrogen-bond acceptors (Lipinski definition) is 4. The molecule has 1 aromatic heterocycles. The summed E-state index contributed by atoms with van der Waals surface area (Å²) in [7, 11) is 0. The van der Waals surface area contributed by atoms with Gasteiger partial charge < -0.3 is 9.73 Å². The molecular formula is C14H16ClN3O2. The van der Waals surface area contributed by atoms with Crippen LogP contribution in [0, 0.1) is 0 Å². The third-order valence-electron chi connectivity index (χ3n) is 2.74. The van der Waals surface area contributed by atoms with E-state index in [1.165, 1.54) is 0 Å². The van der Waals surface area contributed by atoms with E-state index in [1.54, 1.807) is 0 Å². The second-order valence-corrected chi connectivity index (χ2v) is 5.17. The maximum Gasteiger partial charge on any atom is 0.308 e. The van der Waals surface area contributed by atoms with Crippen LogP contribution in [0.5, 0.6) is 0 Å². The number of hydrogen-bond donors (Lipinski definition) is 1. The van der Waals surface area contributed by atoms with Crippen molar-refractivity contribution in [3.63, 3.8) is 0 Å². The van der Waals surface area contributed by atoms with Gasteiger partial charge in [-0.3, -0.25) is 4.79 Å². The summed E-state index contributed by atoms with van der Waals surface area (Å²) in [6.07, 6.45) is 0.716. The zero-order chi connectivity index (χ0) is 14.5. The van der Waals surface area contributed by atoms with Gasteiger partial charge >= 0.3 is 11.8 Å². The predicted octanol–water partition coefficient (Wildman–Crippen LogP) is 2.82. The third-order valence-corrected chi connectivity index (χ3v) is 2.99. The van der Waals surface area contributed by atoms with Crippen molar-refractivity contribution in [2.24, 2.45) is 0 Å². The van der Waals surface area contributed by atoms with E-state index in [0.29, 0.717) is 23.9 Å². The molecule has 0 unspecified atom stereocenters. The minimum atomic E-state index is -0.349. The quantitative estimate of drug-likeness (QED) is 0.920. The molecule has 2 aromatic rings. The van der Waals surface area contributed by atoms with Crippen LogP contribution in [0.3, 0.4) is 0 Å². The molecule has 1 aromatic carbocycles. The monoisotopic (exact) mass is 293 g/mol. The van der Waals surface area contributed by atoms with Crippen LogP contribution in [0.25, 0.3) is 0 Å². The molecule has 2 rings (SSSR count). The molecule has 0 atom stereocenters. The Hall–Kier alpha value is -1.88. The lowest BCUT2D eigenvalue weighted by Gasteiger charge is -2.03. The normalized spacial score (nSPS) is 10.8. The molecule has 106 valence electrons. The van der Waals surface area contributed by atoms with E-state index in [4.69, 9.17) is 16.0 Å². The minimum absolute atomic E-state index is 0.00445. The van der Waals surface area contributed by atoms with Crippen molar-refractivity contribution in [3.8, 4) is 0 Å². The average molecular weight is 294 g/mol. The number of nitrogens with zero attached hydrogens (tertiary/aromatic N) is 2. The summed E-state index contributed by atoms with van der Waals surface area (Å²) >= 11 is 5.81. The number of rotatable bonds is 5. The lowest BCUT2D eigenvalue weighted by Crippen LogP contribution is -2.26. The standard InChI is InChI=1S/C14H16ClN3O2/c1-9(2)13-17-18-14(20-13)12(19)16-8-7-10-3-5-11(15)6-4-10/h3-6,9H,7-8H2,1-2H3,(H,16,19). The molecule has 0 spiro atoms. The second kappa shape index (κ2) is 6.52. The first kappa shape index (κ1) is 14.5. The number of amides is 1.